The monoisotopic (exact) mass is 345 g/mol. The molecule has 1 amide bonds. The van der Waals surface area contributed by atoms with E-state index in [4.69, 9.17) is 4.74 Å². The molecule has 4 rings (SSSR count). The Balaban J connectivity index is 1.48. The maximum atomic E-state index is 12.6. The Hall–Kier alpha value is -2.03. The van der Waals surface area contributed by atoms with E-state index in [0.717, 1.165) is 16.3 Å². The fourth-order valence-electron chi connectivity index (χ4n) is 3.10. The Bertz CT molecular complexity index is 762. The molecule has 0 spiro atoms. The van der Waals surface area contributed by atoms with Crippen LogP contribution in [-0.4, -0.2) is 28.8 Å². The van der Waals surface area contributed by atoms with Gasteiger partial charge in [-0.25, -0.2) is 10.9 Å². The lowest BCUT2D eigenvalue weighted by atomic mass is 9.87. The molecule has 24 heavy (non-hydrogen) atoms. The maximum absolute atomic E-state index is 12.6. The predicted molar refractivity (Wildman–Crippen MR) is 90.9 cm³/mol. The van der Waals surface area contributed by atoms with Gasteiger partial charge in [0.25, 0.3) is 0 Å². The van der Waals surface area contributed by atoms with E-state index in [9.17, 15) is 4.79 Å². The number of fused-ring (bicyclic) bond motifs is 3. The lowest BCUT2D eigenvalue weighted by molar-refractivity contribution is -0.119. The highest BCUT2D eigenvalue weighted by atomic mass is 32.1. The van der Waals surface area contributed by atoms with E-state index in [-0.39, 0.29) is 23.9 Å². The van der Waals surface area contributed by atoms with Gasteiger partial charge in [0, 0.05) is 17.4 Å². The molecule has 126 valence electrons. The van der Waals surface area contributed by atoms with Gasteiger partial charge in [0.05, 0.1) is 12.6 Å². The fourth-order valence-corrected chi connectivity index (χ4v) is 3.85. The summed E-state index contributed by atoms with van der Waals surface area (Å²) >= 11 is 1.41. The number of carbonyl (C=O) groups is 1. The van der Waals surface area contributed by atoms with Crippen molar-refractivity contribution in [1.29, 1.82) is 0 Å². The lowest BCUT2D eigenvalue weighted by Gasteiger charge is -2.29. The number of nitrogens with zero attached hydrogens (tertiary/aromatic N) is 2. The van der Waals surface area contributed by atoms with Gasteiger partial charge in [0.1, 0.15) is 16.8 Å². The number of para-hydroxylation sites is 1. The number of hydrogen-bond acceptors (Lipinski definition) is 7. The first kappa shape index (κ1) is 15.5. The van der Waals surface area contributed by atoms with Crippen molar-refractivity contribution in [2.24, 2.45) is 5.92 Å². The quantitative estimate of drug-likeness (QED) is 0.786. The molecule has 0 saturated carbocycles. The highest BCUT2D eigenvalue weighted by molar-refractivity contribution is 7.15. The van der Waals surface area contributed by atoms with Crippen molar-refractivity contribution >= 4 is 22.4 Å². The van der Waals surface area contributed by atoms with Gasteiger partial charge < -0.3 is 4.74 Å². The predicted octanol–water partition coefficient (Wildman–Crippen LogP) is 1.83. The van der Waals surface area contributed by atoms with Crippen molar-refractivity contribution in [2.45, 2.75) is 31.8 Å². The van der Waals surface area contributed by atoms with Crippen LogP contribution in [0.3, 0.4) is 0 Å². The van der Waals surface area contributed by atoms with Crippen LogP contribution in [-0.2, 0) is 4.79 Å². The topological polar surface area (TPSA) is 88.2 Å². The number of hydrogen-bond donors (Lipinski definition) is 3. The van der Waals surface area contributed by atoms with E-state index >= 15 is 0 Å². The maximum Gasteiger partial charge on any atom is 0.245 e. The molecule has 1 saturated heterocycles. The van der Waals surface area contributed by atoms with Gasteiger partial charge in [-0.1, -0.05) is 43.4 Å². The van der Waals surface area contributed by atoms with Crippen molar-refractivity contribution in [3.8, 4) is 5.75 Å². The molecule has 2 aliphatic heterocycles. The van der Waals surface area contributed by atoms with Gasteiger partial charge in [-0.2, -0.15) is 0 Å². The third-order valence-corrected chi connectivity index (χ3v) is 5.52. The zero-order valence-corrected chi connectivity index (χ0v) is 14.3. The van der Waals surface area contributed by atoms with Gasteiger partial charge in [0.2, 0.25) is 11.0 Å². The first-order chi connectivity index (χ1) is 11.6. The van der Waals surface area contributed by atoms with Crippen LogP contribution >= 0.6 is 11.3 Å². The summed E-state index contributed by atoms with van der Waals surface area (Å²) in [5.74, 6) is 1.08. The fraction of sp³-hybridized carbons (Fsp3) is 0.438. The summed E-state index contributed by atoms with van der Waals surface area (Å²) in [4.78, 5) is 12.6. The van der Waals surface area contributed by atoms with Crippen molar-refractivity contribution in [1.82, 2.24) is 21.0 Å². The van der Waals surface area contributed by atoms with Crippen LogP contribution in [0.4, 0.5) is 5.13 Å². The number of rotatable bonds is 3. The SMILES string of the molecule is CC(C)c1nnc(NC(=O)C2NNC3c4ccccc4OCC23)s1. The Kier molecular flexibility index (Phi) is 3.95. The molecule has 7 nitrogen and oxygen atoms in total. The Morgan fingerprint density at radius 2 is 2.17 bits per heavy atom. The average molecular weight is 345 g/mol. The van der Waals surface area contributed by atoms with E-state index in [1.165, 1.54) is 11.3 Å². The van der Waals surface area contributed by atoms with E-state index in [1.54, 1.807) is 0 Å². The molecule has 0 bridgehead atoms. The molecule has 0 radical (unpaired) electrons. The minimum atomic E-state index is -0.380. The number of ether oxygens (including phenoxy) is 1. The Labute approximate surface area is 143 Å². The summed E-state index contributed by atoms with van der Waals surface area (Å²) in [7, 11) is 0. The van der Waals surface area contributed by atoms with E-state index in [0.29, 0.717) is 17.7 Å². The second-order valence-corrected chi connectivity index (χ2v) is 7.36. The van der Waals surface area contributed by atoms with Crippen LogP contribution in [0.2, 0.25) is 0 Å². The average Bonchev–Trinajstić information content (AvgIpc) is 3.21. The molecule has 3 heterocycles. The van der Waals surface area contributed by atoms with Crippen LogP contribution < -0.4 is 20.9 Å². The van der Waals surface area contributed by atoms with Crippen LogP contribution in [0.15, 0.2) is 24.3 Å². The molecule has 8 heteroatoms. The molecule has 1 aromatic carbocycles. The van der Waals surface area contributed by atoms with Crippen LogP contribution in [0.1, 0.15) is 36.4 Å². The molecular weight excluding hydrogens is 326 g/mol. The van der Waals surface area contributed by atoms with Crippen molar-refractivity contribution in [2.75, 3.05) is 11.9 Å². The second-order valence-electron chi connectivity index (χ2n) is 6.35. The zero-order valence-electron chi connectivity index (χ0n) is 13.4. The number of hydrazine groups is 1. The van der Waals surface area contributed by atoms with Gasteiger partial charge >= 0.3 is 0 Å². The Morgan fingerprint density at radius 3 is 2.96 bits per heavy atom. The van der Waals surface area contributed by atoms with E-state index < -0.39 is 0 Å². The number of anilines is 1. The summed E-state index contributed by atoms with van der Waals surface area (Å²) in [5, 5.41) is 12.5. The van der Waals surface area contributed by atoms with Crippen molar-refractivity contribution < 1.29 is 9.53 Å². The largest absolute Gasteiger partial charge is 0.493 e. The first-order valence-electron chi connectivity index (χ1n) is 8.00. The molecule has 2 aromatic rings. The van der Waals surface area contributed by atoms with Crippen LogP contribution in [0, 0.1) is 5.92 Å². The molecule has 0 aliphatic carbocycles. The number of amides is 1. The number of aromatic nitrogens is 2. The molecule has 1 aromatic heterocycles. The third kappa shape index (κ3) is 2.66. The van der Waals surface area contributed by atoms with Crippen molar-refractivity contribution in [3.63, 3.8) is 0 Å². The van der Waals surface area contributed by atoms with Gasteiger partial charge in [0.15, 0.2) is 0 Å². The summed E-state index contributed by atoms with van der Waals surface area (Å²) in [6, 6.07) is 7.60. The van der Waals surface area contributed by atoms with Crippen LogP contribution in [0.25, 0.3) is 0 Å². The molecule has 1 fully saturated rings. The van der Waals surface area contributed by atoms with Gasteiger partial charge in [-0.3, -0.25) is 10.1 Å². The normalized spacial score (nSPS) is 25.0. The Morgan fingerprint density at radius 1 is 1.33 bits per heavy atom. The number of carbonyl (C=O) groups excluding carboxylic acids is 1. The summed E-state index contributed by atoms with van der Waals surface area (Å²) in [6.45, 7) is 4.60. The van der Waals surface area contributed by atoms with Gasteiger partial charge in [-0.05, 0) is 6.07 Å². The van der Waals surface area contributed by atoms with Crippen molar-refractivity contribution in [3.05, 3.63) is 34.8 Å². The summed E-state index contributed by atoms with van der Waals surface area (Å²) in [6.07, 6.45) is 0. The first-order valence-corrected chi connectivity index (χ1v) is 8.82. The number of benzene rings is 1. The molecule has 3 unspecified atom stereocenters. The standard InChI is InChI=1S/C16H19N5O2S/c1-8(2)15-20-21-16(24-15)17-14(22)13-10-7-23-11-6-4-3-5-9(11)12(10)18-19-13/h3-6,8,10,12-13,18-19H,7H2,1-2H3,(H,17,21,22). The minimum absolute atomic E-state index is 0.0254. The zero-order chi connectivity index (χ0) is 16.7. The van der Waals surface area contributed by atoms with E-state index in [2.05, 4.69) is 40.2 Å². The van der Waals surface area contributed by atoms with E-state index in [1.807, 2.05) is 24.3 Å². The molecule has 3 atom stereocenters. The highest BCUT2D eigenvalue weighted by Crippen LogP contribution is 2.39. The van der Waals surface area contributed by atoms with Crippen LogP contribution in [0.5, 0.6) is 5.75 Å². The smallest absolute Gasteiger partial charge is 0.245 e. The molecular formula is C16H19N5O2S. The van der Waals surface area contributed by atoms with Gasteiger partial charge in [-0.15, -0.1) is 10.2 Å². The lowest BCUT2D eigenvalue weighted by Crippen LogP contribution is -2.43. The molecule has 2 aliphatic rings. The highest BCUT2D eigenvalue weighted by Gasteiger charge is 2.44. The number of nitrogens with one attached hydrogen (secondary N) is 3. The minimum Gasteiger partial charge on any atom is -0.493 e. The third-order valence-electron chi connectivity index (χ3n) is 4.38. The second kappa shape index (κ2) is 6.12. The summed E-state index contributed by atoms with van der Waals surface area (Å²) in [5.41, 5.74) is 7.41. The summed E-state index contributed by atoms with van der Waals surface area (Å²) < 4.78 is 5.82. The molecule has 3 N–H and O–H groups in total.